The molecule has 0 bridgehead atoms. The molecule has 3 aromatic rings. The van der Waals surface area contributed by atoms with E-state index >= 15 is 0 Å². The number of benzene rings is 1. The van der Waals surface area contributed by atoms with E-state index < -0.39 is 11.9 Å². The summed E-state index contributed by atoms with van der Waals surface area (Å²) in [6, 6.07) is 6.19. The average molecular weight is 283 g/mol. The first kappa shape index (κ1) is 12.8. The van der Waals surface area contributed by atoms with E-state index in [1.165, 1.54) is 29.2 Å². The van der Waals surface area contributed by atoms with E-state index in [0.717, 1.165) is 0 Å². The van der Waals surface area contributed by atoms with E-state index in [-0.39, 0.29) is 22.5 Å². The minimum Gasteiger partial charge on any atom is -0.478 e. The van der Waals surface area contributed by atoms with Gasteiger partial charge >= 0.3 is 11.9 Å². The van der Waals surface area contributed by atoms with Crippen molar-refractivity contribution in [3.63, 3.8) is 0 Å². The van der Waals surface area contributed by atoms with Gasteiger partial charge in [-0.2, -0.15) is 0 Å². The van der Waals surface area contributed by atoms with Crippen molar-refractivity contribution in [1.29, 1.82) is 0 Å². The van der Waals surface area contributed by atoms with Crippen LogP contribution in [-0.2, 0) is 0 Å². The fourth-order valence-electron chi connectivity index (χ4n) is 2.21. The van der Waals surface area contributed by atoms with Gasteiger partial charge in [-0.05, 0) is 18.2 Å². The van der Waals surface area contributed by atoms with Crippen molar-refractivity contribution < 1.29 is 19.8 Å². The third-order valence-electron chi connectivity index (χ3n) is 3.06. The van der Waals surface area contributed by atoms with Crippen molar-refractivity contribution in [3.05, 3.63) is 54.0 Å². The Labute approximate surface area is 118 Å². The predicted molar refractivity (Wildman–Crippen MR) is 72.8 cm³/mol. The molecule has 3 rings (SSSR count). The molecule has 2 heterocycles. The molecule has 0 spiro atoms. The molecule has 1 aromatic carbocycles. The Morgan fingerprint density at radius 1 is 0.952 bits per heavy atom. The predicted octanol–water partition coefficient (Wildman–Crippen LogP) is 1.82. The molecule has 21 heavy (non-hydrogen) atoms. The van der Waals surface area contributed by atoms with Crippen LogP contribution in [0.5, 0.6) is 0 Å². The van der Waals surface area contributed by atoms with E-state index in [1.54, 1.807) is 18.2 Å². The molecule has 0 aliphatic rings. The zero-order valence-corrected chi connectivity index (χ0v) is 10.6. The number of aromatic nitrogens is 3. The highest BCUT2D eigenvalue weighted by Crippen LogP contribution is 2.27. The van der Waals surface area contributed by atoms with Gasteiger partial charge in [0.15, 0.2) is 0 Å². The minimum atomic E-state index is -1.21. The quantitative estimate of drug-likeness (QED) is 0.759. The van der Waals surface area contributed by atoms with Crippen LogP contribution in [0, 0.1) is 0 Å². The van der Waals surface area contributed by atoms with Gasteiger partial charge in [0.25, 0.3) is 0 Å². The van der Waals surface area contributed by atoms with Crippen LogP contribution in [-0.4, -0.2) is 36.7 Å². The lowest BCUT2D eigenvalue weighted by atomic mass is 10.1. The third-order valence-corrected chi connectivity index (χ3v) is 3.06. The van der Waals surface area contributed by atoms with Crippen LogP contribution in [0.1, 0.15) is 20.7 Å². The molecule has 7 heteroatoms. The average Bonchev–Trinajstić information content (AvgIpc) is 2.87. The van der Waals surface area contributed by atoms with Crippen molar-refractivity contribution in [1.82, 2.24) is 14.5 Å². The van der Waals surface area contributed by atoms with E-state index in [1.807, 2.05) is 0 Å². The molecule has 2 aromatic heterocycles. The van der Waals surface area contributed by atoms with Crippen molar-refractivity contribution in [3.8, 4) is 5.95 Å². The highest BCUT2D eigenvalue weighted by atomic mass is 16.4. The van der Waals surface area contributed by atoms with Gasteiger partial charge in [0.2, 0.25) is 5.95 Å². The molecule has 0 fully saturated rings. The highest BCUT2D eigenvalue weighted by Gasteiger charge is 2.21. The zero-order valence-electron chi connectivity index (χ0n) is 10.6. The number of carboxylic acid groups (broad SMARTS) is 2. The molecule has 0 saturated carbocycles. The molecule has 7 nitrogen and oxygen atoms in total. The van der Waals surface area contributed by atoms with Gasteiger partial charge in [-0.1, -0.05) is 6.07 Å². The molecule has 0 saturated heterocycles. The lowest BCUT2D eigenvalue weighted by Crippen LogP contribution is -2.01. The van der Waals surface area contributed by atoms with Crippen molar-refractivity contribution >= 4 is 22.8 Å². The number of hydrogen-bond acceptors (Lipinski definition) is 4. The summed E-state index contributed by atoms with van der Waals surface area (Å²) >= 11 is 0. The van der Waals surface area contributed by atoms with Gasteiger partial charge in [0.05, 0.1) is 16.6 Å². The SMILES string of the molecule is O=C(O)c1cccc2c1c(C(=O)O)cn2-c1ncccn1. The monoisotopic (exact) mass is 283 g/mol. The zero-order chi connectivity index (χ0) is 15.0. The topological polar surface area (TPSA) is 105 Å². The Kier molecular flexibility index (Phi) is 2.87. The Morgan fingerprint density at radius 3 is 2.24 bits per heavy atom. The van der Waals surface area contributed by atoms with Crippen molar-refractivity contribution in [2.45, 2.75) is 0 Å². The number of carboxylic acids is 2. The lowest BCUT2D eigenvalue weighted by Gasteiger charge is -2.03. The lowest BCUT2D eigenvalue weighted by molar-refractivity contribution is 0.0695. The summed E-state index contributed by atoms with van der Waals surface area (Å²) in [6.07, 6.45) is 4.38. The smallest absolute Gasteiger partial charge is 0.337 e. The maximum atomic E-state index is 11.4. The summed E-state index contributed by atoms with van der Waals surface area (Å²) in [5, 5.41) is 18.7. The summed E-state index contributed by atoms with van der Waals surface area (Å²) in [7, 11) is 0. The Hall–Kier alpha value is -3.22. The molecular weight excluding hydrogens is 274 g/mol. The summed E-state index contributed by atoms with van der Waals surface area (Å²) < 4.78 is 1.46. The maximum Gasteiger partial charge on any atom is 0.337 e. The summed E-state index contributed by atoms with van der Waals surface area (Å²) in [4.78, 5) is 30.8. The van der Waals surface area contributed by atoms with Gasteiger partial charge in [0, 0.05) is 24.0 Å². The third kappa shape index (κ3) is 2.00. The standard InChI is InChI=1S/C14H9N3O4/c18-12(19)8-3-1-4-10-11(8)9(13(20)21)7-17(10)14-15-5-2-6-16-14/h1-7H,(H,18,19)(H,20,21). The summed E-state index contributed by atoms with van der Waals surface area (Å²) in [6.45, 7) is 0. The highest BCUT2D eigenvalue weighted by molar-refractivity contribution is 6.12. The van der Waals surface area contributed by atoms with Crippen LogP contribution in [0.15, 0.2) is 42.9 Å². The molecule has 104 valence electrons. The van der Waals surface area contributed by atoms with Crippen LogP contribution < -0.4 is 0 Å². The number of rotatable bonds is 3. The Morgan fingerprint density at radius 2 is 1.62 bits per heavy atom. The van der Waals surface area contributed by atoms with E-state index in [2.05, 4.69) is 9.97 Å². The fraction of sp³-hybridized carbons (Fsp3) is 0. The second-order valence-corrected chi connectivity index (χ2v) is 4.27. The van der Waals surface area contributed by atoms with Crippen LogP contribution >= 0.6 is 0 Å². The molecule has 0 aliphatic heterocycles. The summed E-state index contributed by atoms with van der Waals surface area (Å²) in [5.74, 6) is -2.12. The van der Waals surface area contributed by atoms with E-state index in [9.17, 15) is 19.8 Å². The molecule has 0 aliphatic carbocycles. The summed E-state index contributed by atoms with van der Waals surface area (Å²) in [5.41, 5.74) is 0.258. The van der Waals surface area contributed by atoms with Gasteiger partial charge < -0.3 is 10.2 Å². The Balaban J connectivity index is 2.41. The second kappa shape index (κ2) is 4.71. The first-order chi connectivity index (χ1) is 10.1. The number of hydrogen-bond donors (Lipinski definition) is 2. The van der Waals surface area contributed by atoms with Crippen LogP contribution in [0.3, 0.4) is 0 Å². The molecule has 2 N–H and O–H groups in total. The van der Waals surface area contributed by atoms with E-state index in [4.69, 9.17) is 0 Å². The van der Waals surface area contributed by atoms with E-state index in [0.29, 0.717) is 5.52 Å². The number of fused-ring (bicyclic) bond motifs is 1. The maximum absolute atomic E-state index is 11.4. The van der Waals surface area contributed by atoms with Gasteiger partial charge in [-0.3, -0.25) is 4.57 Å². The molecule has 0 amide bonds. The normalized spacial score (nSPS) is 10.7. The van der Waals surface area contributed by atoms with Gasteiger partial charge in [-0.25, -0.2) is 19.6 Å². The number of aromatic carboxylic acids is 2. The van der Waals surface area contributed by atoms with Crippen LogP contribution in [0.25, 0.3) is 16.9 Å². The minimum absolute atomic E-state index is 0.0698. The molecule has 0 unspecified atom stereocenters. The van der Waals surface area contributed by atoms with Crippen molar-refractivity contribution in [2.75, 3.05) is 0 Å². The fourth-order valence-corrected chi connectivity index (χ4v) is 2.21. The number of carbonyl (C=O) groups is 2. The number of nitrogens with zero attached hydrogens (tertiary/aromatic N) is 3. The van der Waals surface area contributed by atoms with Crippen molar-refractivity contribution in [2.24, 2.45) is 0 Å². The first-order valence-corrected chi connectivity index (χ1v) is 5.97. The second-order valence-electron chi connectivity index (χ2n) is 4.27. The molecule has 0 atom stereocenters. The largest absolute Gasteiger partial charge is 0.478 e. The Bertz CT molecular complexity index is 855. The van der Waals surface area contributed by atoms with Crippen LogP contribution in [0.4, 0.5) is 0 Å². The first-order valence-electron chi connectivity index (χ1n) is 5.97. The van der Waals surface area contributed by atoms with Crippen LogP contribution in [0.2, 0.25) is 0 Å². The van der Waals surface area contributed by atoms with Gasteiger partial charge in [0.1, 0.15) is 0 Å². The molecule has 0 radical (unpaired) electrons. The van der Waals surface area contributed by atoms with Gasteiger partial charge in [-0.15, -0.1) is 0 Å². The molecular formula is C14H9N3O4.